The van der Waals surface area contributed by atoms with Crippen molar-refractivity contribution in [1.29, 1.82) is 0 Å². The van der Waals surface area contributed by atoms with E-state index < -0.39 is 0 Å². The minimum atomic E-state index is 0. The summed E-state index contributed by atoms with van der Waals surface area (Å²) in [5, 5.41) is 0. The Bertz CT molecular complexity index is 182. The lowest BCUT2D eigenvalue weighted by atomic mass is 9.99. The van der Waals surface area contributed by atoms with Gasteiger partial charge in [0.15, 0.2) is 0 Å². The van der Waals surface area contributed by atoms with Gasteiger partial charge in [-0.25, -0.2) is 0 Å². The molecule has 1 aliphatic rings. The summed E-state index contributed by atoms with van der Waals surface area (Å²) in [5.41, 5.74) is 3.23. The first-order valence-corrected chi connectivity index (χ1v) is 4.62. The molecule has 0 bridgehead atoms. The van der Waals surface area contributed by atoms with E-state index in [9.17, 15) is 0 Å². The molecule has 70 valence electrons. The molecule has 1 rings (SSSR count). The Labute approximate surface area is 77.4 Å². The normalized spacial score (nSPS) is 15.7. The second-order valence-electron chi connectivity index (χ2n) is 3.65. The summed E-state index contributed by atoms with van der Waals surface area (Å²) in [4.78, 5) is 0. The number of hydrogen-bond donors (Lipinski definition) is 0. The van der Waals surface area contributed by atoms with E-state index in [1.54, 1.807) is 11.1 Å². The van der Waals surface area contributed by atoms with Gasteiger partial charge < -0.3 is 0 Å². The Kier molecular flexibility index (Phi) is 4.96. The SMILES string of the molecule is C.CCCC1=CC=C(C(C)C)C1. The van der Waals surface area contributed by atoms with Gasteiger partial charge in [-0.1, -0.05) is 57.9 Å². The molecule has 0 saturated carbocycles. The molecule has 0 aromatic heterocycles. The molecule has 0 heterocycles. The standard InChI is InChI=1S/C11H18.CH4/c1-4-5-10-6-7-11(8-10)9(2)3;/h6-7,9H,4-5,8H2,1-3H3;1H4. The predicted octanol–water partition coefficient (Wildman–Crippen LogP) is 4.34. The summed E-state index contributed by atoms with van der Waals surface area (Å²) < 4.78 is 0. The molecule has 0 fully saturated rings. The maximum Gasteiger partial charge on any atom is -0.00996 e. The van der Waals surface area contributed by atoms with Gasteiger partial charge in [0.2, 0.25) is 0 Å². The van der Waals surface area contributed by atoms with E-state index in [0.29, 0.717) is 0 Å². The fraction of sp³-hybridized carbons (Fsp3) is 0.667. The van der Waals surface area contributed by atoms with Gasteiger partial charge in [-0.05, 0) is 18.8 Å². The molecule has 0 radical (unpaired) electrons. The van der Waals surface area contributed by atoms with Gasteiger partial charge in [-0.15, -0.1) is 0 Å². The zero-order valence-corrected chi connectivity index (χ0v) is 7.85. The third-order valence-corrected chi connectivity index (χ3v) is 2.28. The zero-order chi connectivity index (χ0) is 8.27. The lowest BCUT2D eigenvalue weighted by Crippen LogP contribution is -1.91. The first kappa shape index (κ1) is 11.5. The first-order valence-electron chi connectivity index (χ1n) is 4.62. The van der Waals surface area contributed by atoms with Crippen LogP contribution in [0.15, 0.2) is 23.3 Å². The van der Waals surface area contributed by atoms with Crippen LogP contribution in [-0.2, 0) is 0 Å². The lowest BCUT2D eigenvalue weighted by Gasteiger charge is -2.07. The molecule has 0 N–H and O–H groups in total. The van der Waals surface area contributed by atoms with Crippen molar-refractivity contribution >= 4 is 0 Å². The third kappa shape index (κ3) is 2.84. The predicted molar refractivity (Wildman–Crippen MR) is 57.3 cm³/mol. The summed E-state index contributed by atoms with van der Waals surface area (Å²) in [6.07, 6.45) is 8.41. The molecule has 0 saturated heterocycles. The highest BCUT2D eigenvalue weighted by molar-refractivity contribution is 5.31. The summed E-state index contributed by atoms with van der Waals surface area (Å²) in [6, 6.07) is 0. The van der Waals surface area contributed by atoms with Crippen LogP contribution < -0.4 is 0 Å². The quantitative estimate of drug-likeness (QED) is 0.585. The highest BCUT2D eigenvalue weighted by Gasteiger charge is 2.09. The molecule has 0 atom stereocenters. The van der Waals surface area contributed by atoms with Crippen LogP contribution in [0.1, 0.15) is 47.5 Å². The molecule has 0 aliphatic heterocycles. The largest absolute Gasteiger partial charge is 0.0776 e. The van der Waals surface area contributed by atoms with E-state index in [1.807, 2.05) is 0 Å². The summed E-state index contributed by atoms with van der Waals surface area (Å²) in [5.74, 6) is 0.737. The average molecular weight is 166 g/mol. The minimum absolute atomic E-state index is 0. The van der Waals surface area contributed by atoms with Crippen molar-refractivity contribution in [2.45, 2.75) is 47.5 Å². The molecule has 0 spiro atoms. The fourth-order valence-electron chi connectivity index (χ4n) is 1.49. The van der Waals surface area contributed by atoms with Crippen LogP contribution in [0.3, 0.4) is 0 Å². The van der Waals surface area contributed by atoms with E-state index in [4.69, 9.17) is 0 Å². The van der Waals surface area contributed by atoms with Gasteiger partial charge in [0.25, 0.3) is 0 Å². The number of rotatable bonds is 3. The maximum atomic E-state index is 2.30. The van der Waals surface area contributed by atoms with Gasteiger partial charge in [-0.2, -0.15) is 0 Å². The van der Waals surface area contributed by atoms with Gasteiger partial charge >= 0.3 is 0 Å². The van der Waals surface area contributed by atoms with Crippen molar-refractivity contribution in [2.75, 3.05) is 0 Å². The summed E-state index contributed by atoms with van der Waals surface area (Å²) >= 11 is 0. The zero-order valence-electron chi connectivity index (χ0n) is 7.85. The Morgan fingerprint density at radius 2 is 2.00 bits per heavy atom. The van der Waals surface area contributed by atoms with Crippen molar-refractivity contribution in [2.24, 2.45) is 5.92 Å². The molecular weight excluding hydrogens is 144 g/mol. The molecule has 0 heteroatoms. The van der Waals surface area contributed by atoms with Crippen LogP contribution in [-0.4, -0.2) is 0 Å². The Morgan fingerprint density at radius 1 is 1.33 bits per heavy atom. The van der Waals surface area contributed by atoms with Gasteiger partial charge in [-0.3, -0.25) is 0 Å². The van der Waals surface area contributed by atoms with Crippen molar-refractivity contribution in [3.63, 3.8) is 0 Å². The van der Waals surface area contributed by atoms with E-state index in [1.165, 1.54) is 19.3 Å². The van der Waals surface area contributed by atoms with Gasteiger partial charge in [0, 0.05) is 0 Å². The van der Waals surface area contributed by atoms with E-state index in [-0.39, 0.29) is 7.43 Å². The monoisotopic (exact) mass is 166 g/mol. The highest BCUT2D eigenvalue weighted by atomic mass is 14.1. The van der Waals surface area contributed by atoms with Crippen molar-refractivity contribution in [3.8, 4) is 0 Å². The molecule has 0 amide bonds. The minimum Gasteiger partial charge on any atom is -0.0776 e. The fourth-order valence-corrected chi connectivity index (χ4v) is 1.49. The molecule has 1 aliphatic carbocycles. The van der Waals surface area contributed by atoms with Crippen molar-refractivity contribution in [1.82, 2.24) is 0 Å². The first-order chi connectivity index (χ1) is 5.24. The molecule has 0 unspecified atom stereocenters. The van der Waals surface area contributed by atoms with Crippen LogP contribution >= 0.6 is 0 Å². The van der Waals surface area contributed by atoms with Crippen molar-refractivity contribution in [3.05, 3.63) is 23.3 Å². The van der Waals surface area contributed by atoms with Crippen molar-refractivity contribution < 1.29 is 0 Å². The molecular formula is C12H22. The second-order valence-corrected chi connectivity index (χ2v) is 3.65. The maximum absolute atomic E-state index is 2.30. The average Bonchev–Trinajstić information content (AvgIpc) is 2.37. The summed E-state index contributed by atoms with van der Waals surface area (Å²) in [6.45, 7) is 6.79. The molecule has 0 aromatic rings. The molecule has 12 heavy (non-hydrogen) atoms. The molecule has 0 aromatic carbocycles. The lowest BCUT2D eigenvalue weighted by molar-refractivity contribution is 0.734. The number of allylic oxidation sites excluding steroid dienone is 4. The van der Waals surface area contributed by atoms with Crippen LogP contribution in [0.5, 0.6) is 0 Å². The third-order valence-electron chi connectivity index (χ3n) is 2.28. The van der Waals surface area contributed by atoms with Crippen LogP contribution in [0.2, 0.25) is 0 Å². The van der Waals surface area contributed by atoms with E-state index >= 15 is 0 Å². The van der Waals surface area contributed by atoms with Crippen LogP contribution in [0.4, 0.5) is 0 Å². The van der Waals surface area contributed by atoms with Gasteiger partial charge in [0.05, 0.1) is 0 Å². The smallest absolute Gasteiger partial charge is 0.00996 e. The Hall–Kier alpha value is -0.520. The molecule has 0 nitrogen and oxygen atoms in total. The van der Waals surface area contributed by atoms with Gasteiger partial charge in [0.1, 0.15) is 0 Å². The van der Waals surface area contributed by atoms with Crippen LogP contribution in [0.25, 0.3) is 0 Å². The summed E-state index contributed by atoms with van der Waals surface area (Å²) in [7, 11) is 0. The Balaban J connectivity index is 0.00000121. The topological polar surface area (TPSA) is 0 Å². The highest BCUT2D eigenvalue weighted by Crippen LogP contribution is 2.27. The Morgan fingerprint density at radius 3 is 2.42 bits per heavy atom. The number of hydrogen-bond acceptors (Lipinski definition) is 0. The van der Waals surface area contributed by atoms with E-state index in [0.717, 1.165) is 5.92 Å². The second kappa shape index (κ2) is 5.18. The van der Waals surface area contributed by atoms with Crippen LogP contribution in [0, 0.1) is 5.92 Å². The van der Waals surface area contributed by atoms with E-state index in [2.05, 4.69) is 32.9 Å².